The first-order chi connectivity index (χ1) is 6.83. The van der Waals surface area contributed by atoms with Gasteiger partial charge in [-0.15, -0.1) is 11.6 Å². The van der Waals surface area contributed by atoms with Gasteiger partial charge in [0.25, 0.3) is 0 Å². The van der Waals surface area contributed by atoms with Gasteiger partial charge >= 0.3 is 0 Å². The van der Waals surface area contributed by atoms with Gasteiger partial charge < -0.3 is 15.2 Å². The highest BCUT2D eigenvalue weighted by Gasteiger charge is 1.86. The molecule has 3 nitrogen and oxygen atoms in total. The molecule has 2 N–H and O–H groups in total. The summed E-state index contributed by atoms with van der Waals surface area (Å²) in [4.78, 5) is 0. The first kappa shape index (κ1) is 16.6. The monoisotopic (exact) mass is 225 g/mol. The van der Waals surface area contributed by atoms with Crippen molar-refractivity contribution in [1.82, 2.24) is 0 Å². The zero-order valence-corrected chi connectivity index (χ0v) is 10.2. The minimum atomic E-state index is 0.622. The van der Waals surface area contributed by atoms with E-state index in [4.69, 9.17) is 22.1 Å². The van der Waals surface area contributed by atoms with E-state index in [0.29, 0.717) is 13.2 Å². The van der Waals surface area contributed by atoms with Crippen molar-refractivity contribution in [2.75, 3.05) is 39.9 Å². The lowest BCUT2D eigenvalue weighted by Gasteiger charge is -1.96. The summed E-state index contributed by atoms with van der Waals surface area (Å²) in [5.74, 6) is 0.799. The molecule has 0 aliphatic carbocycles. The fourth-order valence-electron chi connectivity index (χ4n) is 0.812. The van der Waals surface area contributed by atoms with E-state index in [0.717, 1.165) is 18.9 Å². The van der Waals surface area contributed by atoms with Crippen LogP contribution in [0.15, 0.2) is 0 Å². The third-order valence-electron chi connectivity index (χ3n) is 1.55. The summed E-state index contributed by atoms with van der Waals surface area (Å²) in [7, 11) is 3.37. The minimum absolute atomic E-state index is 0.622. The Morgan fingerprint density at radius 3 is 1.86 bits per heavy atom. The van der Waals surface area contributed by atoms with Gasteiger partial charge in [0, 0.05) is 33.3 Å². The number of halogens is 1. The van der Waals surface area contributed by atoms with E-state index in [1.165, 1.54) is 19.3 Å². The van der Waals surface area contributed by atoms with E-state index in [9.17, 15) is 0 Å². The smallest absolute Gasteiger partial charge is 0.0584 e. The van der Waals surface area contributed by atoms with E-state index in [1.54, 1.807) is 14.2 Å². The fraction of sp³-hybridized carbons (Fsp3) is 1.00. The van der Waals surface area contributed by atoms with Crippen LogP contribution in [0.25, 0.3) is 0 Å². The van der Waals surface area contributed by atoms with Gasteiger partial charge in [0.2, 0.25) is 0 Å². The minimum Gasteiger partial charge on any atom is -0.385 e. The van der Waals surface area contributed by atoms with Gasteiger partial charge in [0.1, 0.15) is 0 Å². The van der Waals surface area contributed by atoms with Crippen LogP contribution in [0.1, 0.15) is 25.7 Å². The molecule has 14 heavy (non-hydrogen) atoms. The second-order valence-electron chi connectivity index (χ2n) is 2.88. The Morgan fingerprint density at radius 1 is 0.929 bits per heavy atom. The van der Waals surface area contributed by atoms with Crippen LogP contribution < -0.4 is 5.73 Å². The summed E-state index contributed by atoms with van der Waals surface area (Å²) in [6.07, 6.45) is 4.81. The maximum absolute atomic E-state index is 5.48. The normalized spacial score (nSPS) is 9.43. The molecule has 0 spiro atoms. The maximum atomic E-state index is 5.48. The van der Waals surface area contributed by atoms with Gasteiger partial charge in [-0.2, -0.15) is 0 Å². The third-order valence-corrected chi connectivity index (χ3v) is 1.82. The molecule has 0 aromatic heterocycles. The SMILES string of the molecule is COCCCCCCCl.COCCN. The van der Waals surface area contributed by atoms with E-state index in [2.05, 4.69) is 4.74 Å². The Hall–Kier alpha value is 0.170. The molecule has 0 heterocycles. The average Bonchev–Trinajstić information content (AvgIpc) is 2.20. The number of nitrogens with two attached hydrogens (primary N) is 1. The summed E-state index contributed by atoms with van der Waals surface area (Å²) in [6, 6.07) is 0. The number of hydrogen-bond acceptors (Lipinski definition) is 3. The third kappa shape index (κ3) is 22.7. The molecule has 0 aromatic carbocycles. The van der Waals surface area contributed by atoms with Gasteiger partial charge in [-0.05, 0) is 12.8 Å². The van der Waals surface area contributed by atoms with Gasteiger partial charge in [0.05, 0.1) is 6.61 Å². The van der Waals surface area contributed by atoms with E-state index < -0.39 is 0 Å². The van der Waals surface area contributed by atoms with Crippen molar-refractivity contribution < 1.29 is 9.47 Å². The Kier molecular flexibility index (Phi) is 22.4. The van der Waals surface area contributed by atoms with Crippen LogP contribution in [0.2, 0.25) is 0 Å². The molecule has 4 heteroatoms. The molecule has 0 aliphatic heterocycles. The molecule has 0 aromatic rings. The first-order valence-corrected chi connectivity index (χ1v) is 5.60. The molecule has 0 atom stereocenters. The first-order valence-electron chi connectivity index (χ1n) is 5.07. The molecule has 0 saturated carbocycles. The number of hydrogen-bond donors (Lipinski definition) is 1. The summed E-state index contributed by atoms with van der Waals surface area (Å²) in [5.41, 5.74) is 5.01. The molecule has 0 bridgehead atoms. The maximum Gasteiger partial charge on any atom is 0.0584 e. The molecule has 0 aliphatic rings. The molecular weight excluding hydrogens is 202 g/mol. The topological polar surface area (TPSA) is 44.5 Å². The molecule has 0 saturated heterocycles. The number of alkyl halides is 1. The molecule has 0 radical (unpaired) electrons. The second-order valence-corrected chi connectivity index (χ2v) is 3.26. The predicted molar refractivity (Wildman–Crippen MR) is 62.0 cm³/mol. The number of ether oxygens (including phenoxy) is 2. The average molecular weight is 226 g/mol. The number of rotatable bonds is 8. The van der Waals surface area contributed by atoms with Crippen LogP contribution >= 0.6 is 11.6 Å². The van der Waals surface area contributed by atoms with Gasteiger partial charge in [-0.3, -0.25) is 0 Å². The van der Waals surface area contributed by atoms with E-state index in [1.807, 2.05) is 0 Å². The van der Waals surface area contributed by atoms with Crippen molar-refractivity contribution in [3.63, 3.8) is 0 Å². The lowest BCUT2D eigenvalue weighted by atomic mass is 10.2. The van der Waals surface area contributed by atoms with Crippen LogP contribution in [0, 0.1) is 0 Å². The van der Waals surface area contributed by atoms with Crippen LogP contribution in [0.3, 0.4) is 0 Å². The standard InChI is InChI=1S/C7H15ClO.C3H9NO/c1-9-7-5-3-2-4-6-8;1-5-3-2-4/h2-7H2,1H3;2-4H2,1H3. The van der Waals surface area contributed by atoms with Gasteiger partial charge in [-0.1, -0.05) is 12.8 Å². The second kappa shape index (κ2) is 18.9. The molecule has 0 fully saturated rings. The van der Waals surface area contributed by atoms with Crippen LogP contribution in [0.5, 0.6) is 0 Å². The zero-order valence-electron chi connectivity index (χ0n) is 9.43. The Bertz CT molecular complexity index is 76.5. The van der Waals surface area contributed by atoms with Crippen LogP contribution in [-0.4, -0.2) is 39.9 Å². The highest BCUT2D eigenvalue weighted by Crippen LogP contribution is 2.00. The molecule has 0 amide bonds. The summed E-state index contributed by atoms with van der Waals surface area (Å²) in [6.45, 7) is 2.18. The molecule has 0 rings (SSSR count). The lowest BCUT2D eigenvalue weighted by Crippen LogP contribution is -2.05. The van der Waals surface area contributed by atoms with Crippen molar-refractivity contribution in [1.29, 1.82) is 0 Å². The Labute approximate surface area is 92.9 Å². The summed E-state index contributed by atoms with van der Waals surface area (Å²) < 4.78 is 9.46. The van der Waals surface area contributed by atoms with Crippen LogP contribution in [0.4, 0.5) is 0 Å². The molecule has 0 unspecified atom stereocenters. The predicted octanol–water partition coefficient (Wildman–Crippen LogP) is 2.02. The summed E-state index contributed by atoms with van der Waals surface area (Å²) >= 11 is 5.48. The largest absolute Gasteiger partial charge is 0.385 e. The van der Waals surface area contributed by atoms with Gasteiger partial charge in [-0.25, -0.2) is 0 Å². The Balaban J connectivity index is 0. The highest BCUT2D eigenvalue weighted by molar-refractivity contribution is 6.17. The van der Waals surface area contributed by atoms with Crippen molar-refractivity contribution in [2.45, 2.75) is 25.7 Å². The molecular formula is C10H24ClNO2. The summed E-state index contributed by atoms with van der Waals surface area (Å²) in [5, 5.41) is 0. The van der Waals surface area contributed by atoms with Gasteiger partial charge in [0.15, 0.2) is 0 Å². The van der Waals surface area contributed by atoms with E-state index in [-0.39, 0.29) is 0 Å². The van der Waals surface area contributed by atoms with Crippen molar-refractivity contribution >= 4 is 11.6 Å². The highest BCUT2D eigenvalue weighted by atomic mass is 35.5. The quantitative estimate of drug-likeness (QED) is 0.508. The Morgan fingerprint density at radius 2 is 1.50 bits per heavy atom. The van der Waals surface area contributed by atoms with E-state index >= 15 is 0 Å². The fourth-order valence-corrected chi connectivity index (χ4v) is 1.00. The zero-order chi connectivity index (χ0) is 11.1. The lowest BCUT2D eigenvalue weighted by molar-refractivity contribution is 0.192. The van der Waals surface area contributed by atoms with Crippen LogP contribution in [-0.2, 0) is 9.47 Å². The number of unbranched alkanes of at least 4 members (excludes halogenated alkanes) is 3. The number of methoxy groups -OCH3 is 2. The van der Waals surface area contributed by atoms with Crippen molar-refractivity contribution in [3.05, 3.63) is 0 Å². The molecule has 88 valence electrons. The van der Waals surface area contributed by atoms with Crippen molar-refractivity contribution in [3.8, 4) is 0 Å². The van der Waals surface area contributed by atoms with Crippen molar-refractivity contribution in [2.24, 2.45) is 5.73 Å².